The molecule has 1 aromatic heterocycles. The molecule has 0 aliphatic heterocycles. The van der Waals surface area contributed by atoms with Gasteiger partial charge in [-0.1, -0.05) is 36.4 Å². The van der Waals surface area contributed by atoms with Crippen LogP contribution in [0.4, 0.5) is 10.5 Å². The summed E-state index contributed by atoms with van der Waals surface area (Å²) in [7, 11) is 3.06. The fraction of sp³-hybridized carbons (Fsp3) is 0.231. The molecule has 3 aromatic rings. The van der Waals surface area contributed by atoms with Crippen LogP contribution in [0, 0.1) is 0 Å². The highest BCUT2D eigenvalue weighted by atomic mass is 16.5. The molecule has 0 aliphatic carbocycles. The fourth-order valence-corrected chi connectivity index (χ4v) is 3.36. The molecule has 0 aliphatic rings. The molecule has 0 spiro atoms. The monoisotopic (exact) mass is 463 g/mol. The van der Waals surface area contributed by atoms with Crippen molar-refractivity contribution in [1.82, 2.24) is 9.80 Å². The first-order chi connectivity index (χ1) is 16.5. The van der Waals surface area contributed by atoms with Crippen LogP contribution >= 0.6 is 0 Å². The smallest absolute Gasteiger partial charge is 0.322 e. The van der Waals surface area contributed by atoms with Crippen molar-refractivity contribution in [3.8, 4) is 11.5 Å². The summed E-state index contributed by atoms with van der Waals surface area (Å²) in [6.07, 6.45) is 3.15. The zero-order chi connectivity index (χ0) is 24.3. The Hall–Kier alpha value is -4.20. The standard InChI is InChI=1S/C26H29N3O5/c1-4-14-28(26(31)27-23-13-12-21(32-2)16-24(23)33-3)19-25(30)29(18-22-11-8-15-34-22)17-20-9-6-5-7-10-20/h4-13,15-16H,1,14,17-19H2,2-3H3,(H,27,31). The molecule has 3 rings (SSSR count). The second-order valence-corrected chi connectivity index (χ2v) is 7.48. The Bertz CT molecular complexity index is 1080. The van der Waals surface area contributed by atoms with Crippen molar-refractivity contribution in [3.63, 3.8) is 0 Å². The number of benzene rings is 2. The Morgan fingerprint density at radius 1 is 1.00 bits per heavy atom. The van der Waals surface area contributed by atoms with E-state index in [1.165, 1.54) is 12.0 Å². The average molecular weight is 464 g/mol. The third kappa shape index (κ3) is 6.65. The number of ether oxygens (including phenoxy) is 2. The minimum absolute atomic E-state index is 0.135. The highest BCUT2D eigenvalue weighted by molar-refractivity contribution is 5.93. The summed E-state index contributed by atoms with van der Waals surface area (Å²) in [4.78, 5) is 29.4. The Balaban J connectivity index is 1.75. The zero-order valence-electron chi connectivity index (χ0n) is 19.4. The molecule has 3 amide bonds. The largest absolute Gasteiger partial charge is 0.497 e. The number of rotatable bonds is 11. The molecule has 0 atom stereocenters. The van der Waals surface area contributed by atoms with E-state index in [4.69, 9.17) is 13.9 Å². The van der Waals surface area contributed by atoms with E-state index in [0.717, 1.165) is 5.56 Å². The van der Waals surface area contributed by atoms with Crippen molar-refractivity contribution in [2.24, 2.45) is 0 Å². The topological polar surface area (TPSA) is 84.3 Å². The van der Waals surface area contributed by atoms with Crippen molar-refractivity contribution in [1.29, 1.82) is 0 Å². The van der Waals surface area contributed by atoms with Crippen LogP contribution in [0.3, 0.4) is 0 Å². The number of hydrogen-bond acceptors (Lipinski definition) is 5. The van der Waals surface area contributed by atoms with Gasteiger partial charge in [-0.25, -0.2) is 4.79 Å². The first-order valence-electron chi connectivity index (χ1n) is 10.8. The number of nitrogens with zero attached hydrogens (tertiary/aromatic N) is 2. The van der Waals surface area contributed by atoms with E-state index in [1.54, 1.807) is 48.6 Å². The quantitative estimate of drug-likeness (QED) is 0.422. The van der Waals surface area contributed by atoms with Crippen LogP contribution in [0.5, 0.6) is 11.5 Å². The van der Waals surface area contributed by atoms with E-state index in [-0.39, 0.29) is 25.5 Å². The van der Waals surface area contributed by atoms with Crippen LogP contribution < -0.4 is 14.8 Å². The normalized spacial score (nSPS) is 10.3. The molecule has 2 aromatic carbocycles. The van der Waals surface area contributed by atoms with Gasteiger partial charge >= 0.3 is 6.03 Å². The Labute approximate surface area is 199 Å². The molecule has 0 radical (unpaired) electrons. The Kier molecular flexibility index (Phi) is 8.73. The second-order valence-electron chi connectivity index (χ2n) is 7.48. The van der Waals surface area contributed by atoms with Crippen molar-refractivity contribution in [3.05, 3.63) is 90.9 Å². The van der Waals surface area contributed by atoms with E-state index in [0.29, 0.717) is 29.5 Å². The molecule has 8 nitrogen and oxygen atoms in total. The number of furan rings is 1. The summed E-state index contributed by atoms with van der Waals surface area (Å²) >= 11 is 0. The van der Waals surface area contributed by atoms with Gasteiger partial charge in [0, 0.05) is 19.2 Å². The van der Waals surface area contributed by atoms with Gasteiger partial charge in [0.2, 0.25) is 5.91 Å². The highest BCUT2D eigenvalue weighted by Gasteiger charge is 2.23. The third-order valence-electron chi connectivity index (χ3n) is 5.11. The predicted octanol–water partition coefficient (Wildman–Crippen LogP) is 4.55. The molecule has 34 heavy (non-hydrogen) atoms. The van der Waals surface area contributed by atoms with Gasteiger partial charge in [-0.3, -0.25) is 4.79 Å². The summed E-state index contributed by atoms with van der Waals surface area (Å²) in [6, 6.07) is 17.9. The van der Waals surface area contributed by atoms with Crippen molar-refractivity contribution < 1.29 is 23.5 Å². The van der Waals surface area contributed by atoms with Crippen molar-refractivity contribution in [2.75, 3.05) is 32.6 Å². The van der Waals surface area contributed by atoms with E-state index in [1.807, 2.05) is 36.4 Å². The molecule has 0 saturated heterocycles. The van der Waals surface area contributed by atoms with Gasteiger partial charge < -0.3 is 29.0 Å². The van der Waals surface area contributed by atoms with Crippen LogP contribution in [-0.4, -0.2) is 49.0 Å². The summed E-state index contributed by atoms with van der Waals surface area (Å²) in [5.74, 6) is 1.48. The van der Waals surface area contributed by atoms with E-state index in [9.17, 15) is 9.59 Å². The van der Waals surface area contributed by atoms with Gasteiger partial charge in [-0.2, -0.15) is 0 Å². The lowest BCUT2D eigenvalue weighted by molar-refractivity contribution is -0.133. The maximum absolute atomic E-state index is 13.3. The van der Waals surface area contributed by atoms with Gasteiger partial charge in [0.25, 0.3) is 0 Å². The second kappa shape index (κ2) is 12.2. The number of amides is 3. The molecule has 178 valence electrons. The molecule has 8 heteroatoms. The first kappa shape index (κ1) is 24.4. The molecular weight excluding hydrogens is 434 g/mol. The van der Waals surface area contributed by atoms with Crippen molar-refractivity contribution >= 4 is 17.6 Å². The summed E-state index contributed by atoms with van der Waals surface area (Å²) in [5.41, 5.74) is 1.44. The lowest BCUT2D eigenvalue weighted by Crippen LogP contribution is -2.44. The van der Waals surface area contributed by atoms with Crippen molar-refractivity contribution in [2.45, 2.75) is 13.1 Å². The van der Waals surface area contributed by atoms with Crippen LogP contribution in [-0.2, 0) is 17.9 Å². The highest BCUT2D eigenvalue weighted by Crippen LogP contribution is 2.29. The molecule has 0 fully saturated rings. The minimum atomic E-state index is -0.450. The molecular formula is C26H29N3O5. The lowest BCUT2D eigenvalue weighted by Gasteiger charge is -2.27. The maximum Gasteiger partial charge on any atom is 0.322 e. The third-order valence-corrected chi connectivity index (χ3v) is 5.11. The number of carbonyl (C=O) groups is 2. The summed E-state index contributed by atoms with van der Waals surface area (Å²) < 4.78 is 16.0. The number of urea groups is 1. The molecule has 1 N–H and O–H groups in total. The number of methoxy groups -OCH3 is 2. The van der Waals surface area contributed by atoms with Gasteiger partial charge in [0.15, 0.2) is 0 Å². The van der Waals surface area contributed by atoms with Crippen LogP contribution in [0.15, 0.2) is 84.0 Å². The average Bonchev–Trinajstić information content (AvgIpc) is 3.37. The van der Waals surface area contributed by atoms with E-state index >= 15 is 0 Å². The lowest BCUT2D eigenvalue weighted by atomic mass is 10.2. The first-order valence-corrected chi connectivity index (χ1v) is 10.8. The van der Waals surface area contributed by atoms with Crippen LogP contribution in [0.25, 0.3) is 0 Å². The molecule has 0 unspecified atom stereocenters. The predicted molar refractivity (Wildman–Crippen MR) is 130 cm³/mol. The van der Waals surface area contributed by atoms with Gasteiger partial charge in [0.05, 0.1) is 32.7 Å². The zero-order valence-corrected chi connectivity index (χ0v) is 19.4. The maximum atomic E-state index is 13.3. The van der Waals surface area contributed by atoms with Gasteiger partial charge in [-0.05, 0) is 29.8 Å². The van der Waals surface area contributed by atoms with Gasteiger partial charge in [-0.15, -0.1) is 6.58 Å². The Morgan fingerprint density at radius 3 is 2.44 bits per heavy atom. The minimum Gasteiger partial charge on any atom is -0.497 e. The SMILES string of the molecule is C=CCN(CC(=O)N(Cc1ccccc1)Cc1ccco1)C(=O)Nc1ccc(OC)cc1OC. The van der Waals surface area contributed by atoms with E-state index in [2.05, 4.69) is 11.9 Å². The number of anilines is 1. The summed E-state index contributed by atoms with van der Waals surface area (Å²) in [6.45, 7) is 4.45. The summed E-state index contributed by atoms with van der Waals surface area (Å²) in [5, 5.41) is 2.81. The van der Waals surface area contributed by atoms with Crippen LogP contribution in [0.1, 0.15) is 11.3 Å². The van der Waals surface area contributed by atoms with E-state index < -0.39 is 6.03 Å². The van der Waals surface area contributed by atoms with Crippen LogP contribution in [0.2, 0.25) is 0 Å². The van der Waals surface area contributed by atoms with Gasteiger partial charge in [0.1, 0.15) is 23.8 Å². The molecule has 1 heterocycles. The Morgan fingerprint density at radius 2 is 1.79 bits per heavy atom. The molecule has 0 saturated carbocycles. The number of carbonyl (C=O) groups excluding carboxylic acids is 2. The molecule has 0 bridgehead atoms. The number of nitrogens with one attached hydrogen (secondary N) is 1. The number of hydrogen-bond donors (Lipinski definition) is 1. The fourth-order valence-electron chi connectivity index (χ4n) is 3.36.